The van der Waals surface area contributed by atoms with Crippen LogP contribution < -0.4 is 10.6 Å². The van der Waals surface area contributed by atoms with Crippen molar-refractivity contribution in [3.05, 3.63) is 11.9 Å². The largest absolute Gasteiger partial charge is 0.370 e. The monoisotopic (exact) mass is 236 g/mol. The van der Waals surface area contributed by atoms with Gasteiger partial charge in [0.1, 0.15) is 18.0 Å². The van der Waals surface area contributed by atoms with Crippen molar-refractivity contribution in [2.45, 2.75) is 53.0 Å². The number of hydrogen-bond donors (Lipinski definition) is 2. The molecule has 0 amide bonds. The van der Waals surface area contributed by atoms with Crippen LogP contribution in [0.4, 0.5) is 11.6 Å². The molecule has 0 radical (unpaired) electrons. The van der Waals surface area contributed by atoms with Gasteiger partial charge in [-0.05, 0) is 33.6 Å². The van der Waals surface area contributed by atoms with Gasteiger partial charge < -0.3 is 10.6 Å². The van der Waals surface area contributed by atoms with Crippen LogP contribution in [0.2, 0.25) is 0 Å². The lowest BCUT2D eigenvalue weighted by atomic mass is 10.0. The second-order valence-corrected chi connectivity index (χ2v) is 5.54. The Morgan fingerprint density at radius 3 is 2.24 bits per heavy atom. The Morgan fingerprint density at radius 2 is 1.76 bits per heavy atom. The molecule has 0 spiro atoms. The van der Waals surface area contributed by atoms with E-state index in [9.17, 15) is 0 Å². The molecule has 1 rings (SSSR count). The minimum absolute atomic E-state index is 0.00147. The minimum Gasteiger partial charge on any atom is -0.370 e. The van der Waals surface area contributed by atoms with Crippen molar-refractivity contribution in [2.75, 3.05) is 17.2 Å². The summed E-state index contributed by atoms with van der Waals surface area (Å²) in [5.41, 5.74) is 1.16. The summed E-state index contributed by atoms with van der Waals surface area (Å²) in [6, 6.07) is 0. The van der Waals surface area contributed by atoms with Crippen molar-refractivity contribution in [1.82, 2.24) is 9.97 Å². The molecule has 0 saturated carbocycles. The molecule has 96 valence electrons. The Labute approximate surface area is 104 Å². The van der Waals surface area contributed by atoms with Crippen LogP contribution in [0.15, 0.2) is 6.33 Å². The molecule has 0 atom stereocenters. The first-order valence-electron chi connectivity index (χ1n) is 6.22. The number of nitrogens with zero attached hydrogens (tertiary/aromatic N) is 2. The summed E-state index contributed by atoms with van der Waals surface area (Å²) in [5.74, 6) is 2.25. The van der Waals surface area contributed by atoms with Crippen LogP contribution in [0.1, 0.15) is 53.0 Å². The Kier molecular flexibility index (Phi) is 4.32. The first-order valence-corrected chi connectivity index (χ1v) is 6.22. The molecule has 4 heteroatoms. The average Bonchev–Trinajstić information content (AvgIpc) is 2.15. The molecule has 0 bridgehead atoms. The number of rotatable bonds is 4. The van der Waals surface area contributed by atoms with Crippen LogP contribution in [0, 0.1) is 0 Å². The van der Waals surface area contributed by atoms with Gasteiger partial charge in [0.05, 0.1) is 0 Å². The molecule has 0 fully saturated rings. The lowest BCUT2D eigenvalue weighted by Crippen LogP contribution is -2.28. The smallest absolute Gasteiger partial charge is 0.135 e. The van der Waals surface area contributed by atoms with E-state index in [1.807, 2.05) is 0 Å². The molecule has 1 heterocycles. The highest BCUT2D eigenvalue weighted by atomic mass is 15.1. The van der Waals surface area contributed by atoms with Gasteiger partial charge in [0, 0.05) is 17.6 Å². The molecule has 17 heavy (non-hydrogen) atoms. The van der Waals surface area contributed by atoms with Crippen molar-refractivity contribution >= 4 is 11.6 Å². The summed E-state index contributed by atoms with van der Waals surface area (Å²) in [6.07, 6.45) is 1.61. The second-order valence-electron chi connectivity index (χ2n) is 5.54. The highest BCUT2D eigenvalue weighted by molar-refractivity contribution is 5.59. The van der Waals surface area contributed by atoms with E-state index >= 15 is 0 Å². The fourth-order valence-corrected chi connectivity index (χ4v) is 1.71. The van der Waals surface area contributed by atoms with Crippen molar-refractivity contribution in [1.29, 1.82) is 0 Å². The predicted molar refractivity (Wildman–Crippen MR) is 73.7 cm³/mol. The lowest BCUT2D eigenvalue weighted by Gasteiger charge is -2.25. The van der Waals surface area contributed by atoms with E-state index in [0.717, 1.165) is 23.7 Å². The number of anilines is 2. The normalized spacial score (nSPS) is 11.7. The van der Waals surface area contributed by atoms with Gasteiger partial charge in [-0.3, -0.25) is 0 Å². The van der Waals surface area contributed by atoms with Crippen molar-refractivity contribution in [3.8, 4) is 0 Å². The standard InChI is InChI=1S/C13H24N4/c1-7-14-11-10(9(2)3)12(16-8-15-11)17-13(4,5)6/h8-9H,7H2,1-6H3,(H2,14,15,16,17). The van der Waals surface area contributed by atoms with E-state index < -0.39 is 0 Å². The molecule has 1 aromatic rings. The van der Waals surface area contributed by atoms with Gasteiger partial charge in [-0.2, -0.15) is 0 Å². The molecule has 1 aromatic heterocycles. The summed E-state index contributed by atoms with van der Waals surface area (Å²) < 4.78 is 0. The van der Waals surface area contributed by atoms with E-state index in [4.69, 9.17) is 0 Å². The van der Waals surface area contributed by atoms with Gasteiger partial charge >= 0.3 is 0 Å². The Hall–Kier alpha value is -1.32. The molecule has 0 aliphatic heterocycles. The fraction of sp³-hybridized carbons (Fsp3) is 0.692. The first-order chi connectivity index (χ1) is 7.85. The van der Waals surface area contributed by atoms with Crippen LogP contribution in [0.5, 0.6) is 0 Å². The third-order valence-electron chi connectivity index (χ3n) is 2.30. The van der Waals surface area contributed by atoms with Gasteiger partial charge in [-0.25, -0.2) is 9.97 Å². The molecule has 0 aliphatic rings. The maximum atomic E-state index is 4.37. The van der Waals surface area contributed by atoms with E-state index in [1.165, 1.54) is 0 Å². The zero-order valence-electron chi connectivity index (χ0n) is 11.8. The summed E-state index contributed by atoms with van der Waals surface area (Å²) in [7, 11) is 0. The zero-order valence-corrected chi connectivity index (χ0v) is 11.8. The van der Waals surface area contributed by atoms with Crippen LogP contribution in [0.3, 0.4) is 0 Å². The highest BCUT2D eigenvalue weighted by Crippen LogP contribution is 2.29. The Balaban J connectivity index is 3.15. The lowest BCUT2D eigenvalue weighted by molar-refractivity contribution is 0.626. The zero-order chi connectivity index (χ0) is 13.1. The molecule has 0 aliphatic carbocycles. The SMILES string of the molecule is CCNc1ncnc(NC(C)(C)C)c1C(C)C. The van der Waals surface area contributed by atoms with Crippen LogP contribution in [-0.4, -0.2) is 22.1 Å². The van der Waals surface area contributed by atoms with Gasteiger partial charge in [-0.1, -0.05) is 13.8 Å². The third kappa shape index (κ3) is 3.88. The maximum absolute atomic E-state index is 4.37. The average molecular weight is 236 g/mol. The summed E-state index contributed by atoms with van der Waals surface area (Å²) >= 11 is 0. The van der Waals surface area contributed by atoms with Gasteiger partial charge in [0.25, 0.3) is 0 Å². The first kappa shape index (κ1) is 13.7. The predicted octanol–water partition coefficient (Wildman–Crippen LogP) is 3.24. The molecular formula is C13H24N4. The quantitative estimate of drug-likeness (QED) is 0.842. The molecule has 0 saturated heterocycles. The third-order valence-corrected chi connectivity index (χ3v) is 2.30. The van der Waals surface area contributed by atoms with Gasteiger partial charge in [0.2, 0.25) is 0 Å². The minimum atomic E-state index is 0.00147. The Morgan fingerprint density at radius 1 is 1.18 bits per heavy atom. The molecule has 0 aromatic carbocycles. The maximum Gasteiger partial charge on any atom is 0.135 e. The second kappa shape index (κ2) is 5.34. The number of nitrogens with one attached hydrogen (secondary N) is 2. The van der Waals surface area contributed by atoms with E-state index in [2.05, 4.69) is 62.1 Å². The highest BCUT2D eigenvalue weighted by Gasteiger charge is 2.18. The molecule has 0 unspecified atom stereocenters. The molecule has 4 nitrogen and oxygen atoms in total. The summed E-state index contributed by atoms with van der Waals surface area (Å²) in [4.78, 5) is 8.68. The summed E-state index contributed by atoms with van der Waals surface area (Å²) in [6.45, 7) is 13.7. The molecular weight excluding hydrogens is 212 g/mol. The number of hydrogen-bond acceptors (Lipinski definition) is 4. The van der Waals surface area contributed by atoms with E-state index in [0.29, 0.717) is 5.92 Å². The Bertz CT molecular complexity index is 366. The van der Waals surface area contributed by atoms with Crippen molar-refractivity contribution in [2.24, 2.45) is 0 Å². The number of aromatic nitrogens is 2. The van der Waals surface area contributed by atoms with E-state index in [1.54, 1.807) is 6.33 Å². The van der Waals surface area contributed by atoms with Crippen LogP contribution in [0.25, 0.3) is 0 Å². The van der Waals surface area contributed by atoms with Gasteiger partial charge in [0.15, 0.2) is 0 Å². The topological polar surface area (TPSA) is 49.8 Å². The van der Waals surface area contributed by atoms with Crippen molar-refractivity contribution in [3.63, 3.8) is 0 Å². The summed E-state index contributed by atoms with van der Waals surface area (Å²) in [5, 5.41) is 6.73. The van der Waals surface area contributed by atoms with E-state index in [-0.39, 0.29) is 5.54 Å². The molecule has 2 N–H and O–H groups in total. The van der Waals surface area contributed by atoms with Crippen LogP contribution in [-0.2, 0) is 0 Å². The fourth-order valence-electron chi connectivity index (χ4n) is 1.71. The van der Waals surface area contributed by atoms with Crippen molar-refractivity contribution < 1.29 is 0 Å². The van der Waals surface area contributed by atoms with Crippen LogP contribution >= 0.6 is 0 Å². The van der Waals surface area contributed by atoms with Gasteiger partial charge in [-0.15, -0.1) is 0 Å².